The zero-order valence-electron chi connectivity index (χ0n) is 22.5. The van der Waals surface area contributed by atoms with Crippen LogP contribution >= 0.6 is 0 Å². The first-order valence-electron chi connectivity index (χ1n) is 13.5. The van der Waals surface area contributed by atoms with Crippen LogP contribution in [-0.4, -0.2) is 79.0 Å². The quantitative estimate of drug-likeness (QED) is 0.431. The molecule has 3 amide bonds. The second kappa shape index (κ2) is 13.2. The number of hydrogen-bond donors (Lipinski definition) is 2. The SMILES string of the molecule is CCCCN1C(=O)C(CC(C)C)NC(=O)C12CCN(Cc1ccc(C(=O)NCCCOC)cc1)CC2. The van der Waals surface area contributed by atoms with Crippen molar-refractivity contribution in [3.05, 3.63) is 35.4 Å². The summed E-state index contributed by atoms with van der Waals surface area (Å²) in [6.07, 6.45) is 4.65. The summed E-state index contributed by atoms with van der Waals surface area (Å²) in [6.45, 7) is 10.4. The molecule has 2 heterocycles. The number of ether oxygens (including phenoxy) is 1. The number of rotatable bonds is 12. The largest absolute Gasteiger partial charge is 0.385 e. The summed E-state index contributed by atoms with van der Waals surface area (Å²) in [4.78, 5) is 43.3. The molecule has 2 N–H and O–H groups in total. The van der Waals surface area contributed by atoms with E-state index in [1.54, 1.807) is 7.11 Å². The van der Waals surface area contributed by atoms with Gasteiger partial charge in [-0.2, -0.15) is 0 Å². The van der Waals surface area contributed by atoms with E-state index in [1.807, 2.05) is 29.2 Å². The lowest BCUT2D eigenvalue weighted by Crippen LogP contribution is -2.73. The van der Waals surface area contributed by atoms with Gasteiger partial charge >= 0.3 is 0 Å². The average molecular weight is 501 g/mol. The molecule has 2 aliphatic heterocycles. The Kier molecular flexibility index (Phi) is 10.3. The molecule has 2 fully saturated rings. The zero-order valence-corrected chi connectivity index (χ0v) is 22.5. The van der Waals surface area contributed by atoms with E-state index in [9.17, 15) is 14.4 Å². The topological polar surface area (TPSA) is 91.0 Å². The normalized spacial score (nSPS) is 20.1. The molecule has 2 saturated heterocycles. The van der Waals surface area contributed by atoms with Gasteiger partial charge in [0.25, 0.3) is 5.91 Å². The van der Waals surface area contributed by atoms with Crippen molar-refractivity contribution in [2.24, 2.45) is 5.92 Å². The molecule has 1 atom stereocenters. The van der Waals surface area contributed by atoms with Gasteiger partial charge in [-0.3, -0.25) is 19.3 Å². The molecule has 200 valence electrons. The summed E-state index contributed by atoms with van der Waals surface area (Å²) < 4.78 is 5.01. The van der Waals surface area contributed by atoms with Crippen LogP contribution < -0.4 is 10.6 Å². The molecule has 0 aliphatic carbocycles. The Bertz CT molecular complexity index is 878. The number of carbonyl (C=O) groups is 3. The van der Waals surface area contributed by atoms with Crippen molar-refractivity contribution in [1.29, 1.82) is 0 Å². The molecule has 0 bridgehead atoms. The highest BCUT2D eigenvalue weighted by molar-refractivity contribution is 6.00. The molecular formula is C28H44N4O4. The van der Waals surface area contributed by atoms with Crippen LogP contribution in [0.25, 0.3) is 0 Å². The fraction of sp³-hybridized carbons (Fsp3) is 0.679. The average Bonchev–Trinajstić information content (AvgIpc) is 2.86. The first kappa shape index (κ1) is 28.1. The molecule has 1 unspecified atom stereocenters. The van der Waals surface area contributed by atoms with Gasteiger partial charge in [-0.15, -0.1) is 0 Å². The molecule has 3 rings (SSSR count). The smallest absolute Gasteiger partial charge is 0.251 e. The predicted molar refractivity (Wildman–Crippen MR) is 141 cm³/mol. The van der Waals surface area contributed by atoms with Gasteiger partial charge in [0.2, 0.25) is 11.8 Å². The summed E-state index contributed by atoms with van der Waals surface area (Å²) in [5.41, 5.74) is 1.04. The molecule has 8 heteroatoms. The maximum absolute atomic E-state index is 13.4. The van der Waals surface area contributed by atoms with Crippen LogP contribution in [0.4, 0.5) is 0 Å². The van der Waals surface area contributed by atoms with Crippen molar-refractivity contribution in [2.75, 3.05) is 39.9 Å². The Hall–Kier alpha value is -2.45. The minimum Gasteiger partial charge on any atom is -0.385 e. The summed E-state index contributed by atoms with van der Waals surface area (Å²) in [5.74, 6) is 0.371. The van der Waals surface area contributed by atoms with Gasteiger partial charge in [0.1, 0.15) is 11.6 Å². The summed E-state index contributed by atoms with van der Waals surface area (Å²) in [7, 11) is 1.65. The third-order valence-electron chi connectivity index (χ3n) is 7.37. The van der Waals surface area contributed by atoms with Crippen LogP contribution in [0, 0.1) is 5.92 Å². The van der Waals surface area contributed by atoms with E-state index in [-0.39, 0.29) is 17.7 Å². The molecular weight excluding hydrogens is 456 g/mol. The number of amides is 3. The van der Waals surface area contributed by atoms with Gasteiger partial charge in [0.15, 0.2) is 0 Å². The van der Waals surface area contributed by atoms with Crippen molar-refractivity contribution in [1.82, 2.24) is 20.4 Å². The number of piperidine rings is 1. The van der Waals surface area contributed by atoms with Crippen LogP contribution in [0.1, 0.15) is 75.2 Å². The number of nitrogens with one attached hydrogen (secondary N) is 2. The highest BCUT2D eigenvalue weighted by atomic mass is 16.5. The van der Waals surface area contributed by atoms with Gasteiger partial charge < -0.3 is 20.3 Å². The minimum absolute atomic E-state index is 0.0179. The fourth-order valence-electron chi connectivity index (χ4n) is 5.27. The standard InChI is InChI=1S/C28H44N4O4/c1-5-6-15-32-26(34)24(19-21(2)3)30-27(35)28(32)12-16-31(17-13-28)20-22-8-10-23(11-9-22)25(33)29-14-7-18-36-4/h8-11,21,24H,5-7,12-20H2,1-4H3,(H,29,33)(H,30,35). The Morgan fingerprint density at radius 2 is 1.86 bits per heavy atom. The second-order valence-electron chi connectivity index (χ2n) is 10.6. The number of nitrogens with zero attached hydrogens (tertiary/aromatic N) is 2. The number of hydrogen-bond acceptors (Lipinski definition) is 5. The lowest BCUT2D eigenvalue weighted by molar-refractivity contribution is -0.161. The van der Waals surface area contributed by atoms with Crippen molar-refractivity contribution in [2.45, 2.75) is 77.4 Å². The molecule has 1 spiro atoms. The third kappa shape index (κ3) is 6.85. The monoisotopic (exact) mass is 500 g/mol. The van der Waals surface area contributed by atoms with Crippen molar-refractivity contribution in [3.8, 4) is 0 Å². The number of likely N-dealkylation sites (tertiary alicyclic amines) is 1. The summed E-state index contributed by atoms with van der Waals surface area (Å²) in [6, 6.07) is 7.31. The van der Waals surface area contributed by atoms with Gasteiger partial charge in [-0.05, 0) is 55.7 Å². The van der Waals surface area contributed by atoms with E-state index < -0.39 is 11.6 Å². The predicted octanol–water partition coefficient (Wildman–Crippen LogP) is 2.96. The number of carbonyl (C=O) groups excluding carboxylic acids is 3. The van der Waals surface area contributed by atoms with Gasteiger partial charge in [0, 0.05) is 52.0 Å². The van der Waals surface area contributed by atoms with Crippen LogP contribution in [0.5, 0.6) is 0 Å². The second-order valence-corrected chi connectivity index (χ2v) is 10.6. The van der Waals surface area contributed by atoms with E-state index in [0.717, 1.165) is 44.5 Å². The van der Waals surface area contributed by atoms with Crippen molar-refractivity contribution >= 4 is 17.7 Å². The van der Waals surface area contributed by atoms with Crippen molar-refractivity contribution in [3.63, 3.8) is 0 Å². The number of unbranched alkanes of at least 4 members (excludes halogenated alkanes) is 1. The lowest BCUT2D eigenvalue weighted by atomic mass is 9.80. The molecule has 8 nitrogen and oxygen atoms in total. The molecule has 1 aromatic rings. The molecule has 0 saturated carbocycles. The zero-order chi connectivity index (χ0) is 26.1. The highest BCUT2D eigenvalue weighted by Crippen LogP contribution is 2.34. The van der Waals surface area contributed by atoms with Crippen LogP contribution in [-0.2, 0) is 20.9 Å². The number of benzene rings is 1. The van der Waals surface area contributed by atoms with E-state index in [0.29, 0.717) is 50.4 Å². The van der Waals surface area contributed by atoms with Gasteiger partial charge in [-0.1, -0.05) is 39.3 Å². The maximum atomic E-state index is 13.4. The van der Waals surface area contributed by atoms with Crippen LogP contribution in [0.15, 0.2) is 24.3 Å². The van der Waals surface area contributed by atoms with Crippen LogP contribution in [0.3, 0.4) is 0 Å². The molecule has 36 heavy (non-hydrogen) atoms. The summed E-state index contributed by atoms with van der Waals surface area (Å²) >= 11 is 0. The Morgan fingerprint density at radius 3 is 2.47 bits per heavy atom. The first-order valence-corrected chi connectivity index (χ1v) is 13.5. The Balaban J connectivity index is 1.59. The van der Waals surface area contributed by atoms with Gasteiger partial charge in [-0.25, -0.2) is 0 Å². The van der Waals surface area contributed by atoms with Crippen LogP contribution in [0.2, 0.25) is 0 Å². The number of piperazine rings is 1. The van der Waals surface area contributed by atoms with E-state index in [4.69, 9.17) is 4.74 Å². The fourth-order valence-corrected chi connectivity index (χ4v) is 5.27. The van der Waals surface area contributed by atoms with E-state index in [2.05, 4.69) is 36.3 Å². The molecule has 0 aromatic heterocycles. The van der Waals surface area contributed by atoms with E-state index >= 15 is 0 Å². The maximum Gasteiger partial charge on any atom is 0.251 e. The Morgan fingerprint density at radius 1 is 1.17 bits per heavy atom. The molecule has 0 radical (unpaired) electrons. The summed E-state index contributed by atoms with van der Waals surface area (Å²) in [5, 5.41) is 5.98. The molecule has 1 aromatic carbocycles. The highest BCUT2D eigenvalue weighted by Gasteiger charge is 2.53. The third-order valence-corrected chi connectivity index (χ3v) is 7.37. The molecule has 2 aliphatic rings. The lowest BCUT2D eigenvalue weighted by Gasteiger charge is -2.52. The number of methoxy groups -OCH3 is 1. The first-order chi connectivity index (χ1) is 17.3. The minimum atomic E-state index is -0.735. The van der Waals surface area contributed by atoms with Gasteiger partial charge in [0.05, 0.1) is 0 Å². The van der Waals surface area contributed by atoms with E-state index in [1.165, 1.54) is 0 Å². The van der Waals surface area contributed by atoms with Crippen molar-refractivity contribution < 1.29 is 19.1 Å². The Labute approximate surface area is 216 Å².